The van der Waals surface area contributed by atoms with E-state index < -0.39 is 11.5 Å². The third kappa shape index (κ3) is 3.52. The highest BCUT2D eigenvalue weighted by molar-refractivity contribution is 6.02. The number of carbonyl (C=O) groups is 2. The molecule has 1 atom stereocenters. The highest BCUT2D eigenvalue weighted by Crippen LogP contribution is 2.33. The predicted octanol–water partition coefficient (Wildman–Crippen LogP) is 2.42. The second-order valence-corrected chi connectivity index (χ2v) is 7.32. The van der Waals surface area contributed by atoms with Crippen molar-refractivity contribution in [3.8, 4) is 0 Å². The summed E-state index contributed by atoms with van der Waals surface area (Å²) >= 11 is 0. The van der Waals surface area contributed by atoms with Crippen LogP contribution < -0.4 is 10.9 Å². The number of nitrogens with one attached hydrogen (secondary N) is 2. The van der Waals surface area contributed by atoms with Crippen molar-refractivity contribution in [3.05, 3.63) is 63.3 Å². The van der Waals surface area contributed by atoms with Gasteiger partial charge in [0.2, 0.25) is 0 Å². The molecule has 1 aliphatic carbocycles. The first-order valence-electron chi connectivity index (χ1n) is 8.27. The van der Waals surface area contributed by atoms with Crippen molar-refractivity contribution < 1.29 is 9.59 Å². The topological polar surface area (TPSA) is 91.9 Å². The van der Waals surface area contributed by atoms with E-state index in [-0.39, 0.29) is 22.8 Å². The van der Waals surface area contributed by atoms with Crippen LogP contribution in [0.3, 0.4) is 0 Å². The molecule has 0 bridgehead atoms. The predicted molar refractivity (Wildman–Crippen MR) is 93.6 cm³/mol. The van der Waals surface area contributed by atoms with Gasteiger partial charge in [0.25, 0.3) is 11.5 Å². The number of pyridine rings is 2. The van der Waals surface area contributed by atoms with Crippen LogP contribution in [-0.4, -0.2) is 21.7 Å². The van der Waals surface area contributed by atoms with Gasteiger partial charge in [-0.05, 0) is 42.5 Å². The lowest BCUT2D eigenvalue weighted by molar-refractivity contribution is 0.0910. The largest absolute Gasteiger partial charge is 0.345 e. The van der Waals surface area contributed by atoms with E-state index in [4.69, 9.17) is 0 Å². The Hall–Kier alpha value is -2.76. The Kier molecular flexibility index (Phi) is 4.29. The molecule has 1 aliphatic rings. The monoisotopic (exact) mass is 339 g/mol. The van der Waals surface area contributed by atoms with E-state index in [1.165, 1.54) is 6.07 Å². The lowest BCUT2D eigenvalue weighted by atomic mass is 9.75. The molecule has 0 saturated heterocycles. The smallest absolute Gasteiger partial charge is 0.261 e. The van der Waals surface area contributed by atoms with Crippen LogP contribution in [0.2, 0.25) is 0 Å². The molecule has 0 spiro atoms. The summed E-state index contributed by atoms with van der Waals surface area (Å²) in [7, 11) is 0. The van der Waals surface area contributed by atoms with Gasteiger partial charge in [0.15, 0.2) is 5.78 Å². The minimum absolute atomic E-state index is 0.0345. The van der Waals surface area contributed by atoms with Gasteiger partial charge in [0.1, 0.15) is 5.56 Å². The van der Waals surface area contributed by atoms with Crippen LogP contribution in [0.1, 0.15) is 65.2 Å². The zero-order chi connectivity index (χ0) is 18.2. The summed E-state index contributed by atoms with van der Waals surface area (Å²) < 4.78 is 0. The van der Waals surface area contributed by atoms with Gasteiger partial charge in [-0.2, -0.15) is 0 Å². The number of fused-ring (bicyclic) bond motifs is 1. The summed E-state index contributed by atoms with van der Waals surface area (Å²) in [6, 6.07) is 4.75. The number of amides is 1. The van der Waals surface area contributed by atoms with Gasteiger partial charge in [-0.1, -0.05) is 13.8 Å². The highest BCUT2D eigenvalue weighted by Gasteiger charge is 2.32. The first-order valence-corrected chi connectivity index (χ1v) is 8.27. The molecule has 6 nitrogen and oxygen atoms in total. The molecule has 3 rings (SSSR count). The van der Waals surface area contributed by atoms with Crippen molar-refractivity contribution in [1.29, 1.82) is 0 Å². The molecule has 2 aromatic heterocycles. The van der Waals surface area contributed by atoms with E-state index >= 15 is 0 Å². The summed E-state index contributed by atoms with van der Waals surface area (Å²) in [5, 5.41) is 2.79. The molecular formula is C19H21N3O3. The van der Waals surface area contributed by atoms with Crippen LogP contribution in [0.4, 0.5) is 0 Å². The molecule has 1 unspecified atom stereocenters. The Morgan fingerprint density at radius 2 is 1.92 bits per heavy atom. The average molecular weight is 339 g/mol. The first-order chi connectivity index (χ1) is 11.8. The van der Waals surface area contributed by atoms with E-state index in [0.29, 0.717) is 24.1 Å². The number of rotatable bonds is 3. The third-order valence-corrected chi connectivity index (χ3v) is 4.52. The van der Waals surface area contributed by atoms with Gasteiger partial charge in [-0.3, -0.25) is 19.4 Å². The summed E-state index contributed by atoms with van der Waals surface area (Å²) in [5.41, 5.74) is 1.25. The maximum atomic E-state index is 12.5. The minimum Gasteiger partial charge on any atom is -0.345 e. The van der Waals surface area contributed by atoms with Crippen LogP contribution in [0, 0.1) is 5.41 Å². The molecule has 2 N–H and O–H groups in total. The number of ketones is 1. The standard InChI is InChI=1S/C19H21N3O3/c1-11(12-4-6-20-7-5-12)21-17(24)14-8-13-15(22-18(14)25)9-19(2,3)10-16(13)23/h4-8,11H,9-10H2,1-3H3,(H,21,24)(H,22,25). The third-order valence-electron chi connectivity index (χ3n) is 4.52. The summed E-state index contributed by atoms with van der Waals surface area (Å²) in [6.45, 7) is 5.81. The van der Waals surface area contributed by atoms with Crippen LogP contribution in [0.5, 0.6) is 0 Å². The molecule has 0 radical (unpaired) electrons. The Morgan fingerprint density at radius 3 is 2.60 bits per heavy atom. The summed E-state index contributed by atoms with van der Waals surface area (Å²) in [6.07, 6.45) is 4.30. The zero-order valence-electron chi connectivity index (χ0n) is 14.6. The molecule has 25 heavy (non-hydrogen) atoms. The molecule has 2 heterocycles. The Balaban J connectivity index is 1.88. The Labute approximate surface area is 145 Å². The minimum atomic E-state index is -0.494. The van der Waals surface area contributed by atoms with Gasteiger partial charge in [-0.15, -0.1) is 0 Å². The SMILES string of the molecule is CC(NC(=O)c1cc2c([nH]c1=O)CC(C)(C)CC2=O)c1ccncc1. The van der Waals surface area contributed by atoms with Gasteiger partial charge >= 0.3 is 0 Å². The molecule has 0 saturated carbocycles. The van der Waals surface area contributed by atoms with Crippen molar-refractivity contribution in [2.24, 2.45) is 5.41 Å². The molecular weight excluding hydrogens is 318 g/mol. The second-order valence-electron chi connectivity index (χ2n) is 7.32. The van der Waals surface area contributed by atoms with E-state index in [9.17, 15) is 14.4 Å². The molecule has 0 aromatic carbocycles. The van der Waals surface area contributed by atoms with Gasteiger partial charge in [0.05, 0.1) is 6.04 Å². The fraction of sp³-hybridized carbons (Fsp3) is 0.368. The zero-order valence-corrected chi connectivity index (χ0v) is 14.6. The fourth-order valence-electron chi connectivity index (χ4n) is 3.21. The molecule has 130 valence electrons. The van der Waals surface area contributed by atoms with Crippen molar-refractivity contribution in [2.45, 2.75) is 39.7 Å². The van der Waals surface area contributed by atoms with Crippen molar-refractivity contribution >= 4 is 11.7 Å². The number of carbonyl (C=O) groups excluding carboxylic acids is 2. The number of H-pyrrole nitrogens is 1. The molecule has 1 amide bonds. The van der Waals surface area contributed by atoms with Crippen molar-refractivity contribution in [2.75, 3.05) is 0 Å². The van der Waals surface area contributed by atoms with Crippen LogP contribution >= 0.6 is 0 Å². The van der Waals surface area contributed by atoms with Gasteiger partial charge in [0, 0.05) is 30.1 Å². The number of Topliss-reactive ketones (excluding diaryl/α,β-unsaturated/α-hetero) is 1. The summed E-state index contributed by atoms with van der Waals surface area (Å²) in [4.78, 5) is 43.9. The van der Waals surface area contributed by atoms with Crippen molar-refractivity contribution in [3.63, 3.8) is 0 Å². The van der Waals surface area contributed by atoms with Crippen molar-refractivity contribution in [1.82, 2.24) is 15.3 Å². The molecule has 0 aliphatic heterocycles. The normalized spacial score (nSPS) is 16.8. The fourth-order valence-corrected chi connectivity index (χ4v) is 3.21. The first kappa shape index (κ1) is 17.1. The van der Waals surface area contributed by atoms with Crippen LogP contribution in [0.15, 0.2) is 35.4 Å². The lowest BCUT2D eigenvalue weighted by Crippen LogP contribution is -2.35. The van der Waals surface area contributed by atoms with Crippen LogP contribution in [-0.2, 0) is 6.42 Å². The lowest BCUT2D eigenvalue weighted by Gasteiger charge is -2.29. The molecule has 0 fully saturated rings. The number of aromatic amines is 1. The average Bonchev–Trinajstić information content (AvgIpc) is 2.53. The number of nitrogens with zero attached hydrogens (tertiary/aromatic N) is 1. The maximum Gasteiger partial charge on any atom is 0.261 e. The van der Waals surface area contributed by atoms with E-state index in [1.54, 1.807) is 24.5 Å². The molecule has 6 heteroatoms. The molecule has 2 aromatic rings. The highest BCUT2D eigenvalue weighted by atomic mass is 16.2. The maximum absolute atomic E-state index is 12.5. The Morgan fingerprint density at radius 1 is 1.24 bits per heavy atom. The quantitative estimate of drug-likeness (QED) is 0.898. The van der Waals surface area contributed by atoms with Gasteiger partial charge < -0.3 is 10.3 Å². The number of hydrogen-bond acceptors (Lipinski definition) is 4. The van der Waals surface area contributed by atoms with E-state index in [0.717, 1.165) is 5.56 Å². The van der Waals surface area contributed by atoms with E-state index in [1.807, 2.05) is 20.8 Å². The Bertz CT molecular complexity index is 885. The van der Waals surface area contributed by atoms with Crippen LogP contribution in [0.25, 0.3) is 0 Å². The second kappa shape index (κ2) is 6.27. The van der Waals surface area contributed by atoms with Gasteiger partial charge in [-0.25, -0.2) is 0 Å². The number of aromatic nitrogens is 2. The number of hydrogen-bond donors (Lipinski definition) is 2. The van der Waals surface area contributed by atoms with E-state index in [2.05, 4.69) is 15.3 Å². The summed E-state index contributed by atoms with van der Waals surface area (Å²) in [5.74, 6) is -0.537.